The van der Waals surface area contributed by atoms with Crippen LogP contribution in [-0.4, -0.2) is 32.3 Å². The van der Waals surface area contributed by atoms with Crippen molar-refractivity contribution in [3.8, 4) is 0 Å². The van der Waals surface area contributed by atoms with Crippen molar-refractivity contribution < 1.29 is 4.74 Å². The standard InChI is InChI=1S/C16H26N2O/c1-3-13(2)14-4-6-15(7-5-14)17-9-8-16-12-19-11-10-18-16/h4-7,13,16-18H,3,8-12H2,1-2H3. The molecule has 1 aromatic rings. The summed E-state index contributed by atoms with van der Waals surface area (Å²) in [6.07, 6.45) is 2.30. The van der Waals surface area contributed by atoms with E-state index < -0.39 is 0 Å². The first-order valence-corrected chi connectivity index (χ1v) is 7.44. The average Bonchev–Trinajstić information content (AvgIpc) is 2.48. The molecule has 1 aromatic carbocycles. The van der Waals surface area contributed by atoms with Gasteiger partial charge in [0.25, 0.3) is 0 Å². The summed E-state index contributed by atoms with van der Waals surface area (Å²) in [5.74, 6) is 0.651. The van der Waals surface area contributed by atoms with Crippen LogP contribution in [0.2, 0.25) is 0 Å². The lowest BCUT2D eigenvalue weighted by molar-refractivity contribution is 0.0753. The van der Waals surface area contributed by atoms with Crippen molar-refractivity contribution in [1.82, 2.24) is 5.32 Å². The highest BCUT2D eigenvalue weighted by atomic mass is 16.5. The van der Waals surface area contributed by atoms with Gasteiger partial charge in [-0.05, 0) is 36.5 Å². The zero-order valence-corrected chi connectivity index (χ0v) is 12.1. The van der Waals surface area contributed by atoms with Crippen LogP contribution >= 0.6 is 0 Å². The van der Waals surface area contributed by atoms with Gasteiger partial charge in [0.1, 0.15) is 0 Å². The van der Waals surface area contributed by atoms with Gasteiger partial charge in [-0.2, -0.15) is 0 Å². The lowest BCUT2D eigenvalue weighted by Gasteiger charge is -2.24. The molecule has 1 heterocycles. The van der Waals surface area contributed by atoms with Gasteiger partial charge in [-0.3, -0.25) is 0 Å². The number of rotatable bonds is 6. The van der Waals surface area contributed by atoms with Gasteiger partial charge in [-0.15, -0.1) is 0 Å². The number of ether oxygens (including phenoxy) is 1. The van der Waals surface area contributed by atoms with E-state index in [1.165, 1.54) is 17.7 Å². The molecule has 0 saturated carbocycles. The highest BCUT2D eigenvalue weighted by molar-refractivity contribution is 5.45. The number of hydrogen-bond acceptors (Lipinski definition) is 3. The maximum absolute atomic E-state index is 5.45. The van der Waals surface area contributed by atoms with E-state index in [1.807, 2.05) is 0 Å². The van der Waals surface area contributed by atoms with E-state index in [2.05, 4.69) is 48.7 Å². The molecule has 2 rings (SSSR count). The summed E-state index contributed by atoms with van der Waals surface area (Å²) in [5.41, 5.74) is 2.64. The first-order valence-electron chi connectivity index (χ1n) is 7.44. The Morgan fingerprint density at radius 3 is 2.79 bits per heavy atom. The predicted molar refractivity (Wildman–Crippen MR) is 80.9 cm³/mol. The van der Waals surface area contributed by atoms with Gasteiger partial charge >= 0.3 is 0 Å². The monoisotopic (exact) mass is 262 g/mol. The molecule has 0 spiro atoms. The molecule has 0 amide bonds. The molecule has 1 aliphatic heterocycles. The predicted octanol–water partition coefficient (Wildman–Crippen LogP) is 2.99. The normalized spacial score (nSPS) is 21.1. The Balaban J connectivity index is 1.73. The topological polar surface area (TPSA) is 33.3 Å². The summed E-state index contributed by atoms with van der Waals surface area (Å²) >= 11 is 0. The summed E-state index contributed by atoms with van der Waals surface area (Å²) in [6, 6.07) is 9.34. The van der Waals surface area contributed by atoms with Crippen molar-refractivity contribution in [1.29, 1.82) is 0 Å². The molecule has 106 valence electrons. The van der Waals surface area contributed by atoms with Gasteiger partial charge in [0.05, 0.1) is 13.2 Å². The van der Waals surface area contributed by atoms with Crippen LogP contribution in [0.15, 0.2) is 24.3 Å². The second-order valence-electron chi connectivity index (χ2n) is 5.37. The van der Waals surface area contributed by atoms with Crippen molar-refractivity contribution in [3.05, 3.63) is 29.8 Å². The summed E-state index contributed by atoms with van der Waals surface area (Å²) in [6.45, 7) is 8.17. The van der Waals surface area contributed by atoms with E-state index in [0.717, 1.165) is 32.7 Å². The molecule has 1 aliphatic rings. The van der Waals surface area contributed by atoms with Crippen LogP contribution in [-0.2, 0) is 4.74 Å². The second kappa shape index (κ2) is 7.51. The summed E-state index contributed by atoms with van der Waals surface area (Å²) < 4.78 is 5.45. The van der Waals surface area contributed by atoms with Crippen LogP contribution in [0.25, 0.3) is 0 Å². The highest BCUT2D eigenvalue weighted by Gasteiger charge is 2.11. The fraction of sp³-hybridized carbons (Fsp3) is 0.625. The van der Waals surface area contributed by atoms with E-state index in [1.54, 1.807) is 0 Å². The Kier molecular flexibility index (Phi) is 5.67. The fourth-order valence-corrected chi connectivity index (χ4v) is 2.36. The molecular formula is C16H26N2O. The Morgan fingerprint density at radius 2 is 2.16 bits per heavy atom. The van der Waals surface area contributed by atoms with Gasteiger partial charge in [0, 0.05) is 24.8 Å². The molecule has 3 heteroatoms. The van der Waals surface area contributed by atoms with Crippen molar-refractivity contribution in [3.63, 3.8) is 0 Å². The van der Waals surface area contributed by atoms with E-state index in [0.29, 0.717) is 12.0 Å². The zero-order valence-electron chi connectivity index (χ0n) is 12.1. The fourth-order valence-electron chi connectivity index (χ4n) is 2.36. The minimum atomic E-state index is 0.501. The quantitative estimate of drug-likeness (QED) is 0.827. The molecule has 19 heavy (non-hydrogen) atoms. The van der Waals surface area contributed by atoms with Crippen molar-refractivity contribution in [2.75, 3.05) is 31.6 Å². The molecule has 0 radical (unpaired) electrons. The molecule has 0 aliphatic carbocycles. The molecular weight excluding hydrogens is 236 g/mol. The molecule has 1 saturated heterocycles. The SMILES string of the molecule is CCC(C)c1ccc(NCCC2COCCN2)cc1. The molecule has 0 bridgehead atoms. The number of anilines is 1. The third-order valence-electron chi connectivity index (χ3n) is 3.91. The number of hydrogen-bond donors (Lipinski definition) is 2. The van der Waals surface area contributed by atoms with Crippen molar-refractivity contribution >= 4 is 5.69 Å². The molecule has 2 unspecified atom stereocenters. The molecule has 1 fully saturated rings. The summed E-state index contributed by atoms with van der Waals surface area (Å²) in [7, 11) is 0. The largest absolute Gasteiger partial charge is 0.385 e. The van der Waals surface area contributed by atoms with Crippen LogP contribution in [0, 0.1) is 0 Å². The minimum Gasteiger partial charge on any atom is -0.385 e. The second-order valence-corrected chi connectivity index (χ2v) is 5.37. The Hall–Kier alpha value is -1.06. The minimum absolute atomic E-state index is 0.501. The lowest BCUT2D eigenvalue weighted by Crippen LogP contribution is -2.42. The third kappa shape index (κ3) is 4.51. The molecule has 2 N–H and O–H groups in total. The Labute approximate surface area is 116 Å². The van der Waals surface area contributed by atoms with E-state index in [-0.39, 0.29) is 0 Å². The molecule has 0 aromatic heterocycles. The van der Waals surface area contributed by atoms with Crippen LogP contribution in [0.4, 0.5) is 5.69 Å². The van der Waals surface area contributed by atoms with E-state index in [4.69, 9.17) is 4.74 Å². The number of benzene rings is 1. The molecule has 2 atom stereocenters. The van der Waals surface area contributed by atoms with Crippen LogP contribution in [0.1, 0.15) is 38.2 Å². The van der Waals surface area contributed by atoms with Crippen molar-refractivity contribution in [2.45, 2.75) is 38.6 Å². The van der Waals surface area contributed by atoms with Crippen molar-refractivity contribution in [2.24, 2.45) is 0 Å². The smallest absolute Gasteiger partial charge is 0.0620 e. The summed E-state index contributed by atoms with van der Waals surface area (Å²) in [5, 5.41) is 6.95. The van der Waals surface area contributed by atoms with E-state index in [9.17, 15) is 0 Å². The van der Waals surface area contributed by atoms with Crippen LogP contribution in [0.5, 0.6) is 0 Å². The van der Waals surface area contributed by atoms with Crippen LogP contribution < -0.4 is 10.6 Å². The van der Waals surface area contributed by atoms with Crippen LogP contribution in [0.3, 0.4) is 0 Å². The van der Waals surface area contributed by atoms with Gasteiger partial charge in [0.15, 0.2) is 0 Å². The average molecular weight is 262 g/mol. The Bertz CT molecular complexity index is 358. The van der Waals surface area contributed by atoms with E-state index >= 15 is 0 Å². The van der Waals surface area contributed by atoms with Gasteiger partial charge in [-0.25, -0.2) is 0 Å². The van der Waals surface area contributed by atoms with Gasteiger partial charge < -0.3 is 15.4 Å². The number of morpholine rings is 1. The molecule has 3 nitrogen and oxygen atoms in total. The zero-order chi connectivity index (χ0) is 13.5. The van der Waals surface area contributed by atoms with Gasteiger partial charge in [0.2, 0.25) is 0 Å². The van der Waals surface area contributed by atoms with Gasteiger partial charge in [-0.1, -0.05) is 26.0 Å². The highest BCUT2D eigenvalue weighted by Crippen LogP contribution is 2.20. The summed E-state index contributed by atoms with van der Waals surface area (Å²) in [4.78, 5) is 0. The first-order chi connectivity index (χ1) is 9.29. The maximum atomic E-state index is 5.45. The maximum Gasteiger partial charge on any atom is 0.0620 e. The first kappa shape index (κ1) is 14.4. The lowest BCUT2D eigenvalue weighted by atomic mass is 9.99. The third-order valence-corrected chi connectivity index (χ3v) is 3.91. The number of nitrogens with one attached hydrogen (secondary N) is 2. The Morgan fingerprint density at radius 1 is 1.37 bits per heavy atom.